The van der Waals surface area contributed by atoms with Gasteiger partial charge in [0.25, 0.3) is 5.56 Å². The van der Waals surface area contributed by atoms with E-state index in [1.54, 1.807) is 12.1 Å². The molecule has 72 valence electrons. The quantitative estimate of drug-likeness (QED) is 0.559. The molecule has 0 spiro atoms. The third-order valence-electron chi connectivity index (χ3n) is 1.79. The number of nitrogens with one attached hydrogen (secondary N) is 1. The van der Waals surface area contributed by atoms with Crippen molar-refractivity contribution in [3.63, 3.8) is 0 Å². The molecule has 0 atom stereocenters. The number of aliphatic hydroxyl groups excluding tert-OH is 1. The molecule has 4 N–H and O–H groups in total. The van der Waals surface area contributed by atoms with Gasteiger partial charge in [-0.3, -0.25) is 9.78 Å². The second-order valence-corrected chi connectivity index (χ2v) is 2.78. The Balaban J connectivity index is 2.82. The van der Waals surface area contributed by atoms with E-state index in [1.165, 1.54) is 0 Å². The predicted octanol–water partition coefficient (Wildman–Crippen LogP) is -0.607. The molecule has 2 heterocycles. The maximum absolute atomic E-state index is 11.3. The van der Waals surface area contributed by atoms with Crippen molar-refractivity contribution in [2.45, 2.75) is 6.61 Å². The Labute approximate surface area is 78.4 Å². The predicted molar refractivity (Wildman–Crippen MR) is 50.5 cm³/mol. The first-order valence-corrected chi connectivity index (χ1v) is 3.97. The van der Waals surface area contributed by atoms with Crippen LogP contribution in [0.5, 0.6) is 0 Å². The highest BCUT2D eigenvalue weighted by Crippen LogP contribution is 2.06. The summed E-state index contributed by atoms with van der Waals surface area (Å²) < 4.78 is 0. The highest BCUT2D eigenvalue weighted by Gasteiger charge is 2.03. The fourth-order valence-electron chi connectivity index (χ4n) is 1.17. The lowest BCUT2D eigenvalue weighted by atomic mass is 10.3. The fraction of sp³-hybridized carbons (Fsp3) is 0.125. The summed E-state index contributed by atoms with van der Waals surface area (Å²) in [5.41, 5.74) is 5.98. The number of aromatic amines is 1. The normalized spacial score (nSPS) is 10.6. The van der Waals surface area contributed by atoms with Gasteiger partial charge in [-0.05, 0) is 12.1 Å². The molecule has 0 amide bonds. The van der Waals surface area contributed by atoms with Crippen LogP contribution in [0.3, 0.4) is 0 Å². The minimum atomic E-state index is -0.400. The summed E-state index contributed by atoms with van der Waals surface area (Å²) in [7, 11) is 0. The molecule has 0 unspecified atom stereocenters. The maximum Gasteiger partial charge on any atom is 0.278 e. The van der Waals surface area contributed by atoms with Crippen LogP contribution in [0.2, 0.25) is 0 Å². The average Bonchev–Trinajstić information content (AvgIpc) is 2.17. The topological polar surface area (TPSA) is 105 Å². The van der Waals surface area contributed by atoms with Crippen molar-refractivity contribution in [1.82, 2.24) is 15.0 Å². The van der Waals surface area contributed by atoms with Crippen LogP contribution in [0, 0.1) is 0 Å². The Morgan fingerprint density at radius 3 is 2.93 bits per heavy atom. The van der Waals surface area contributed by atoms with E-state index in [0.717, 1.165) is 0 Å². The summed E-state index contributed by atoms with van der Waals surface area (Å²) >= 11 is 0. The molecule has 0 aliphatic heterocycles. The number of nitrogens with zero attached hydrogens (tertiary/aromatic N) is 2. The minimum Gasteiger partial charge on any atom is -0.390 e. The van der Waals surface area contributed by atoms with Crippen molar-refractivity contribution in [3.05, 3.63) is 28.2 Å². The molecule has 6 nitrogen and oxygen atoms in total. The van der Waals surface area contributed by atoms with E-state index in [2.05, 4.69) is 15.0 Å². The fourth-order valence-corrected chi connectivity index (χ4v) is 1.17. The molecule has 0 aliphatic carbocycles. The van der Waals surface area contributed by atoms with Gasteiger partial charge in [-0.15, -0.1) is 0 Å². The number of nitrogens with two attached hydrogens (primary N) is 1. The molecule has 14 heavy (non-hydrogen) atoms. The SMILES string of the molecule is Nc1nc2ccc(CO)nc2c(=O)[nH]1. The number of nitrogen functional groups attached to an aromatic ring is 1. The van der Waals surface area contributed by atoms with E-state index in [9.17, 15) is 4.79 Å². The number of hydrogen-bond donors (Lipinski definition) is 3. The molecule has 0 saturated carbocycles. The highest BCUT2D eigenvalue weighted by atomic mass is 16.3. The smallest absolute Gasteiger partial charge is 0.278 e. The van der Waals surface area contributed by atoms with Crippen LogP contribution in [0.25, 0.3) is 11.0 Å². The van der Waals surface area contributed by atoms with E-state index in [4.69, 9.17) is 10.8 Å². The summed E-state index contributed by atoms with van der Waals surface area (Å²) in [6, 6.07) is 3.19. The van der Waals surface area contributed by atoms with Crippen molar-refractivity contribution < 1.29 is 5.11 Å². The number of anilines is 1. The average molecular weight is 192 g/mol. The van der Waals surface area contributed by atoms with E-state index >= 15 is 0 Å². The van der Waals surface area contributed by atoms with Gasteiger partial charge in [0.15, 0.2) is 5.52 Å². The zero-order valence-corrected chi connectivity index (χ0v) is 7.19. The van der Waals surface area contributed by atoms with Crippen LogP contribution in [0.15, 0.2) is 16.9 Å². The van der Waals surface area contributed by atoms with E-state index < -0.39 is 5.56 Å². The van der Waals surface area contributed by atoms with Gasteiger partial charge in [-0.1, -0.05) is 0 Å². The molecule has 2 rings (SSSR count). The summed E-state index contributed by atoms with van der Waals surface area (Å²) in [5, 5.41) is 8.82. The third-order valence-corrected chi connectivity index (χ3v) is 1.79. The van der Waals surface area contributed by atoms with Crippen LogP contribution in [-0.2, 0) is 6.61 Å². The van der Waals surface area contributed by atoms with Crippen LogP contribution in [0.4, 0.5) is 5.95 Å². The van der Waals surface area contributed by atoms with Gasteiger partial charge in [0.2, 0.25) is 5.95 Å². The first-order valence-electron chi connectivity index (χ1n) is 3.97. The number of fused-ring (bicyclic) bond motifs is 1. The third kappa shape index (κ3) is 1.31. The lowest BCUT2D eigenvalue weighted by Crippen LogP contribution is -2.13. The van der Waals surface area contributed by atoms with Gasteiger partial charge in [0.1, 0.15) is 0 Å². The number of pyridine rings is 1. The number of aliphatic hydroxyl groups is 1. The van der Waals surface area contributed by atoms with E-state index in [-0.39, 0.29) is 18.1 Å². The lowest BCUT2D eigenvalue weighted by molar-refractivity contribution is 0.277. The van der Waals surface area contributed by atoms with Gasteiger partial charge in [-0.25, -0.2) is 9.97 Å². The zero-order valence-electron chi connectivity index (χ0n) is 7.19. The summed E-state index contributed by atoms with van der Waals surface area (Å²) in [6.45, 7) is -0.209. The lowest BCUT2D eigenvalue weighted by Gasteiger charge is -1.99. The Hall–Kier alpha value is -1.95. The Morgan fingerprint density at radius 2 is 2.21 bits per heavy atom. The van der Waals surface area contributed by atoms with Gasteiger partial charge < -0.3 is 10.8 Å². The second kappa shape index (κ2) is 3.08. The number of H-pyrrole nitrogens is 1. The molecule has 0 radical (unpaired) electrons. The molecule has 0 aliphatic rings. The molecule has 0 bridgehead atoms. The van der Waals surface area contributed by atoms with Crippen molar-refractivity contribution in [3.8, 4) is 0 Å². The molecular formula is C8H8N4O2. The summed E-state index contributed by atoms with van der Waals surface area (Å²) in [4.78, 5) is 21.5. The monoisotopic (exact) mass is 192 g/mol. The van der Waals surface area contributed by atoms with Crippen LogP contribution < -0.4 is 11.3 Å². The van der Waals surface area contributed by atoms with Crippen molar-refractivity contribution in [2.75, 3.05) is 5.73 Å². The van der Waals surface area contributed by atoms with Gasteiger partial charge in [-0.2, -0.15) is 0 Å². The Morgan fingerprint density at radius 1 is 1.43 bits per heavy atom. The van der Waals surface area contributed by atoms with Crippen LogP contribution in [0.1, 0.15) is 5.69 Å². The first-order chi connectivity index (χ1) is 6.70. The van der Waals surface area contributed by atoms with Crippen molar-refractivity contribution in [2.24, 2.45) is 0 Å². The van der Waals surface area contributed by atoms with Crippen LogP contribution in [-0.4, -0.2) is 20.1 Å². The minimum absolute atomic E-state index is 0.0565. The highest BCUT2D eigenvalue weighted by molar-refractivity contribution is 5.73. The molecular weight excluding hydrogens is 184 g/mol. The second-order valence-electron chi connectivity index (χ2n) is 2.78. The van der Waals surface area contributed by atoms with Gasteiger partial charge >= 0.3 is 0 Å². The molecule has 0 saturated heterocycles. The summed E-state index contributed by atoms with van der Waals surface area (Å²) in [5.74, 6) is 0.0565. The summed E-state index contributed by atoms with van der Waals surface area (Å²) in [6.07, 6.45) is 0. The largest absolute Gasteiger partial charge is 0.390 e. The van der Waals surface area contributed by atoms with Gasteiger partial charge in [0, 0.05) is 0 Å². The standard InChI is InChI=1S/C8H8N4O2/c9-8-11-5-2-1-4(3-13)10-6(5)7(14)12-8/h1-2,13H,3H2,(H3,9,11,12,14). The van der Waals surface area contributed by atoms with Gasteiger partial charge in [0.05, 0.1) is 17.8 Å². The first kappa shape index (κ1) is 8.64. The van der Waals surface area contributed by atoms with E-state index in [1.807, 2.05) is 0 Å². The maximum atomic E-state index is 11.3. The Bertz CT molecular complexity index is 534. The van der Waals surface area contributed by atoms with Crippen molar-refractivity contribution >= 4 is 17.0 Å². The molecule has 0 fully saturated rings. The number of aromatic nitrogens is 3. The molecule has 6 heteroatoms. The Kier molecular flexibility index (Phi) is 1.90. The molecule has 2 aromatic heterocycles. The van der Waals surface area contributed by atoms with Crippen LogP contribution >= 0.6 is 0 Å². The molecule has 2 aromatic rings. The number of hydrogen-bond acceptors (Lipinski definition) is 5. The molecule has 0 aromatic carbocycles. The van der Waals surface area contributed by atoms with Crippen molar-refractivity contribution in [1.29, 1.82) is 0 Å². The van der Waals surface area contributed by atoms with E-state index in [0.29, 0.717) is 11.2 Å². The zero-order chi connectivity index (χ0) is 10.1. The number of rotatable bonds is 1.